The standard InChI is InChI=1S/C21H14F3N5O3/c22-21(23,24)11-4-6-16(30)15(10-11)28-19(31)13-2-1-3-14-12(13)5-7-17(27-14)32-18-8-9-26-20(25)29-18/h1-10,30H,(H,28,31)(H2,25,26,29). The molecular formula is C21H14F3N5O3. The van der Waals surface area contributed by atoms with Crippen LogP contribution in [0.25, 0.3) is 10.9 Å². The molecule has 2 aromatic heterocycles. The Morgan fingerprint density at radius 1 is 1.03 bits per heavy atom. The zero-order valence-electron chi connectivity index (χ0n) is 16.1. The van der Waals surface area contributed by atoms with E-state index >= 15 is 0 Å². The van der Waals surface area contributed by atoms with Crippen LogP contribution in [0.3, 0.4) is 0 Å². The van der Waals surface area contributed by atoms with Crippen molar-refractivity contribution < 1.29 is 27.8 Å². The molecule has 4 aromatic rings. The smallest absolute Gasteiger partial charge is 0.416 e. The topological polar surface area (TPSA) is 123 Å². The van der Waals surface area contributed by atoms with Crippen molar-refractivity contribution in [1.29, 1.82) is 0 Å². The van der Waals surface area contributed by atoms with Crippen molar-refractivity contribution >= 4 is 28.4 Å². The number of phenolic OH excluding ortho intramolecular Hbond substituents is 1. The Hall–Kier alpha value is -4.41. The number of hydrogen-bond donors (Lipinski definition) is 3. The summed E-state index contributed by atoms with van der Waals surface area (Å²) in [5, 5.41) is 12.6. The highest BCUT2D eigenvalue weighted by molar-refractivity contribution is 6.12. The lowest BCUT2D eigenvalue weighted by Gasteiger charge is -2.13. The van der Waals surface area contributed by atoms with E-state index in [0.717, 1.165) is 12.1 Å². The zero-order chi connectivity index (χ0) is 22.9. The van der Waals surface area contributed by atoms with Gasteiger partial charge < -0.3 is 20.9 Å². The lowest BCUT2D eigenvalue weighted by Crippen LogP contribution is -2.14. The van der Waals surface area contributed by atoms with E-state index in [1.165, 1.54) is 24.4 Å². The Bertz CT molecular complexity index is 1330. The van der Waals surface area contributed by atoms with Crippen LogP contribution >= 0.6 is 0 Å². The summed E-state index contributed by atoms with van der Waals surface area (Å²) in [6.07, 6.45) is -3.20. The molecule has 0 atom stereocenters. The van der Waals surface area contributed by atoms with E-state index < -0.39 is 23.4 Å². The summed E-state index contributed by atoms with van der Waals surface area (Å²) in [6, 6.07) is 11.5. The third-order valence-electron chi connectivity index (χ3n) is 4.38. The maximum atomic E-state index is 13.0. The Morgan fingerprint density at radius 3 is 2.56 bits per heavy atom. The number of benzene rings is 2. The molecule has 0 radical (unpaired) electrons. The third-order valence-corrected chi connectivity index (χ3v) is 4.38. The first-order valence-corrected chi connectivity index (χ1v) is 9.08. The number of nitrogens with zero attached hydrogens (tertiary/aromatic N) is 3. The highest BCUT2D eigenvalue weighted by Gasteiger charge is 2.31. The van der Waals surface area contributed by atoms with Gasteiger partial charge in [0.05, 0.1) is 16.8 Å². The number of halogens is 3. The Balaban J connectivity index is 1.63. The number of anilines is 2. The molecule has 1 amide bonds. The quantitative estimate of drug-likeness (QED) is 0.402. The van der Waals surface area contributed by atoms with Gasteiger partial charge in [-0.3, -0.25) is 4.79 Å². The average molecular weight is 441 g/mol. The monoisotopic (exact) mass is 441 g/mol. The van der Waals surface area contributed by atoms with Gasteiger partial charge in [-0.15, -0.1) is 0 Å². The minimum atomic E-state index is -4.62. The number of rotatable bonds is 4. The number of hydrogen-bond acceptors (Lipinski definition) is 7. The van der Waals surface area contributed by atoms with E-state index in [1.807, 2.05) is 0 Å². The van der Waals surface area contributed by atoms with Crippen molar-refractivity contribution in [2.45, 2.75) is 6.18 Å². The molecule has 0 fully saturated rings. The molecular weight excluding hydrogens is 427 g/mol. The Labute approximate surface area is 178 Å². The second kappa shape index (κ2) is 8.02. The van der Waals surface area contributed by atoms with Gasteiger partial charge in [-0.1, -0.05) is 6.07 Å². The van der Waals surface area contributed by atoms with Crippen LogP contribution in [0.4, 0.5) is 24.8 Å². The number of amides is 1. The van der Waals surface area contributed by atoms with Crippen molar-refractivity contribution in [3.8, 4) is 17.5 Å². The maximum Gasteiger partial charge on any atom is 0.416 e. The van der Waals surface area contributed by atoms with Gasteiger partial charge in [0.15, 0.2) is 0 Å². The summed E-state index contributed by atoms with van der Waals surface area (Å²) in [6.45, 7) is 0. The van der Waals surface area contributed by atoms with Crippen LogP contribution in [-0.2, 0) is 6.18 Å². The normalized spacial score (nSPS) is 11.3. The van der Waals surface area contributed by atoms with Gasteiger partial charge in [-0.25, -0.2) is 9.97 Å². The molecule has 0 aliphatic rings. The number of carbonyl (C=O) groups excluding carboxylic acids is 1. The maximum absolute atomic E-state index is 13.0. The van der Waals surface area contributed by atoms with Crippen LogP contribution in [0.1, 0.15) is 15.9 Å². The average Bonchev–Trinajstić information content (AvgIpc) is 2.74. The summed E-state index contributed by atoms with van der Waals surface area (Å²) < 4.78 is 44.4. The number of nitrogen functional groups attached to an aromatic ring is 1. The third kappa shape index (κ3) is 4.36. The number of phenols is 1. The van der Waals surface area contributed by atoms with E-state index in [1.54, 1.807) is 18.2 Å². The van der Waals surface area contributed by atoms with Crippen molar-refractivity contribution in [3.05, 3.63) is 71.9 Å². The van der Waals surface area contributed by atoms with E-state index in [0.29, 0.717) is 17.0 Å². The van der Waals surface area contributed by atoms with E-state index in [-0.39, 0.29) is 29.0 Å². The summed E-state index contributed by atoms with van der Waals surface area (Å²) in [5.41, 5.74) is 4.69. The van der Waals surface area contributed by atoms with Crippen molar-refractivity contribution in [1.82, 2.24) is 15.0 Å². The van der Waals surface area contributed by atoms with Gasteiger partial charge in [0.2, 0.25) is 17.7 Å². The van der Waals surface area contributed by atoms with E-state index in [9.17, 15) is 23.1 Å². The number of ether oxygens (including phenoxy) is 1. The van der Waals surface area contributed by atoms with Crippen LogP contribution in [0.5, 0.6) is 17.5 Å². The highest BCUT2D eigenvalue weighted by Crippen LogP contribution is 2.35. The van der Waals surface area contributed by atoms with Gasteiger partial charge in [-0.05, 0) is 36.4 Å². The molecule has 4 rings (SSSR count). The van der Waals surface area contributed by atoms with Gasteiger partial charge >= 0.3 is 6.18 Å². The molecule has 0 bridgehead atoms. The summed E-state index contributed by atoms with van der Waals surface area (Å²) in [4.78, 5) is 24.7. The number of pyridine rings is 1. The molecule has 0 unspecified atom stereocenters. The fraction of sp³-hybridized carbons (Fsp3) is 0.0476. The van der Waals surface area contributed by atoms with Crippen LogP contribution in [-0.4, -0.2) is 26.0 Å². The van der Waals surface area contributed by atoms with Crippen LogP contribution in [0.15, 0.2) is 60.8 Å². The number of aromatic nitrogens is 3. The largest absolute Gasteiger partial charge is 0.506 e. The predicted octanol–water partition coefficient (Wildman–Crippen LogP) is 4.38. The van der Waals surface area contributed by atoms with Gasteiger partial charge in [0.1, 0.15) is 5.75 Å². The van der Waals surface area contributed by atoms with Gasteiger partial charge in [-0.2, -0.15) is 18.2 Å². The van der Waals surface area contributed by atoms with E-state index in [2.05, 4.69) is 20.3 Å². The molecule has 0 aliphatic carbocycles. The first-order valence-electron chi connectivity index (χ1n) is 9.08. The molecule has 0 aliphatic heterocycles. The summed E-state index contributed by atoms with van der Waals surface area (Å²) in [5.74, 6) is -0.823. The van der Waals surface area contributed by atoms with Crippen molar-refractivity contribution in [2.24, 2.45) is 0 Å². The molecule has 32 heavy (non-hydrogen) atoms. The number of aromatic hydroxyl groups is 1. The predicted molar refractivity (Wildman–Crippen MR) is 109 cm³/mol. The van der Waals surface area contributed by atoms with Crippen LogP contribution in [0, 0.1) is 0 Å². The molecule has 0 saturated carbocycles. The van der Waals surface area contributed by atoms with Crippen LogP contribution < -0.4 is 15.8 Å². The minimum Gasteiger partial charge on any atom is -0.506 e. The molecule has 0 saturated heterocycles. The highest BCUT2D eigenvalue weighted by atomic mass is 19.4. The second-order valence-corrected chi connectivity index (χ2v) is 6.56. The molecule has 2 heterocycles. The molecule has 4 N–H and O–H groups in total. The summed E-state index contributed by atoms with van der Waals surface area (Å²) >= 11 is 0. The lowest BCUT2D eigenvalue weighted by atomic mass is 10.1. The molecule has 2 aromatic carbocycles. The van der Waals surface area contributed by atoms with E-state index in [4.69, 9.17) is 10.5 Å². The Morgan fingerprint density at radius 2 is 1.81 bits per heavy atom. The molecule has 0 spiro atoms. The fourth-order valence-corrected chi connectivity index (χ4v) is 2.91. The molecule has 11 heteroatoms. The number of carbonyl (C=O) groups is 1. The number of nitrogens with one attached hydrogen (secondary N) is 1. The van der Waals surface area contributed by atoms with Gasteiger partial charge in [0.25, 0.3) is 5.91 Å². The summed E-state index contributed by atoms with van der Waals surface area (Å²) in [7, 11) is 0. The number of fused-ring (bicyclic) bond motifs is 1. The second-order valence-electron chi connectivity index (χ2n) is 6.56. The molecule has 8 nitrogen and oxygen atoms in total. The minimum absolute atomic E-state index is 0.0279. The first kappa shape index (κ1) is 20.8. The van der Waals surface area contributed by atoms with Crippen LogP contribution in [0.2, 0.25) is 0 Å². The Kier molecular flexibility index (Phi) is 5.23. The zero-order valence-corrected chi connectivity index (χ0v) is 16.1. The fourth-order valence-electron chi connectivity index (χ4n) is 2.91. The van der Waals surface area contributed by atoms with Crippen molar-refractivity contribution in [3.63, 3.8) is 0 Å². The SMILES string of the molecule is Nc1nccc(Oc2ccc3c(C(=O)Nc4cc(C(F)(F)F)ccc4O)cccc3n2)n1. The van der Waals surface area contributed by atoms with Crippen molar-refractivity contribution in [2.75, 3.05) is 11.1 Å². The first-order chi connectivity index (χ1) is 15.2. The lowest BCUT2D eigenvalue weighted by molar-refractivity contribution is -0.137. The molecule has 162 valence electrons. The van der Waals surface area contributed by atoms with Gasteiger partial charge in [0, 0.05) is 29.3 Å². The number of alkyl halides is 3. The number of nitrogens with two attached hydrogens (primary N) is 1.